The molecule has 0 spiro atoms. The third-order valence-corrected chi connectivity index (χ3v) is 5.20. The summed E-state index contributed by atoms with van der Waals surface area (Å²) in [7, 11) is 0. The Morgan fingerprint density at radius 1 is 1.13 bits per heavy atom. The molecule has 23 heavy (non-hydrogen) atoms. The second-order valence-electron chi connectivity index (χ2n) is 6.68. The van der Waals surface area contributed by atoms with Crippen LogP contribution in [-0.4, -0.2) is 35.8 Å². The van der Waals surface area contributed by atoms with Crippen molar-refractivity contribution in [3.8, 4) is 0 Å². The third-order valence-electron chi connectivity index (χ3n) is 5.20. The molecule has 0 aromatic heterocycles. The molecule has 3 N–H and O–H groups in total. The van der Waals surface area contributed by atoms with E-state index in [0.29, 0.717) is 23.7 Å². The van der Waals surface area contributed by atoms with Crippen molar-refractivity contribution in [3.05, 3.63) is 29.8 Å². The molecular formula is C18H25N3O2. The van der Waals surface area contributed by atoms with Gasteiger partial charge in [-0.3, -0.25) is 14.5 Å². The van der Waals surface area contributed by atoms with Gasteiger partial charge in [-0.2, -0.15) is 0 Å². The van der Waals surface area contributed by atoms with E-state index in [1.165, 1.54) is 32.1 Å². The van der Waals surface area contributed by atoms with E-state index in [1.54, 1.807) is 24.3 Å². The standard InChI is InChI=1S/C18H25N3O2/c19-18(23)14-5-7-15(8-6-14)20-17(22)10-12-21-11-9-13-3-1-2-4-16(13)21/h5-8,13,16H,1-4,9-12H2,(H2,19,23)(H,20,22)/t13-,16-/m0/s1. The zero-order valence-electron chi connectivity index (χ0n) is 13.5. The van der Waals surface area contributed by atoms with Gasteiger partial charge in [0.05, 0.1) is 0 Å². The van der Waals surface area contributed by atoms with Gasteiger partial charge >= 0.3 is 0 Å². The summed E-state index contributed by atoms with van der Waals surface area (Å²) in [4.78, 5) is 25.6. The summed E-state index contributed by atoms with van der Waals surface area (Å²) in [5.74, 6) is 0.420. The molecule has 0 bridgehead atoms. The Bertz CT molecular complexity index is 570. The summed E-state index contributed by atoms with van der Waals surface area (Å²) in [5.41, 5.74) is 6.36. The summed E-state index contributed by atoms with van der Waals surface area (Å²) < 4.78 is 0. The number of nitrogens with two attached hydrogens (primary N) is 1. The van der Waals surface area contributed by atoms with E-state index in [2.05, 4.69) is 10.2 Å². The number of benzene rings is 1. The first kappa shape index (κ1) is 16.0. The van der Waals surface area contributed by atoms with Crippen molar-refractivity contribution in [2.75, 3.05) is 18.4 Å². The van der Waals surface area contributed by atoms with Crippen LogP contribution in [0.3, 0.4) is 0 Å². The molecule has 1 aliphatic heterocycles. The summed E-state index contributed by atoms with van der Waals surface area (Å²) in [5, 5.41) is 2.89. The monoisotopic (exact) mass is 315 g/mol. The van der Waals surface area contributed by atoms with Crippen molar-refractivity contribution >= 4 is 17.5 Å². The number of amides is 2. The fourth-order valence-corrected chi connectivity index (χ4v) is 3.97. The first-order valence-corrected chi connectivity index (χ1v) is 8.57. The van der Waals surface area contributed by atoms with Crippen LogP contribution in [0.25, 0.3) is 0 Å². The van der Waals surface area contributed by atoms with Crippen LogP contribution in [-0.2, 0) is 4.79 Å². The van der Waals surface area contributed by atoms with Crippen LogP contribution < -0.4 is 11.1 Å². The number of likely N-dealkylation sites (tertiary alicyclic amines) is 1. The number of anilines is 1. The molecule has 1 aromatic rings. The number of carbonyl (C=O) groups is 2. The van der Waals surface area contributed by atoms with Crippen molar-refractivity contribution in [2.45, 2.75) is 44.6 Å². The van der Waals surface area contributed by atoms with E-state index >= 15 is 0 Å². The molecule has 0 unspecified atom stereocenters. The number of hydrogen-bond donors (Lipinski definition) is 2. The molecule has 1 saturated carbocycles. The summed E-state index contributed by atoms with van der Waals surface area (Å²) in [6, 6.07) is 7.39. The Labute approximate surface area is 137 Å². The molecule has 2 amide bonds. The maximum atomic E-state index is 12.1. The smallest absolute Gasteiger partial charge is 0.248 e. The highest BCUT2D eigenvalue weighted by atomic mass is 16.2. The number of carbonyl (C=O) groups excluding carboxylic acids is 2. The van der Waals surface area contributed by atoms with Gasteiger partial charge in [-0.1, -0.05) is 12.8 Å². The van der Waals surface area contributed by atoms with Crippen molar-refractivity contribution in [1.82, 2.24) is 4.90 Å². The predicted octanol–water partition coefficient (Wildman–Crippen LogP) is 2.38. The lowest BCUT2D eigenvalue weighted by Crippen LogP contribution is -2.36. The number of nitrogens with zero attached hydrogens (tertiary/aromatic N) is 1. The third kappa shape index (κ3) is 3.91. The van der Waals surface area contributed by atoms with E-state index < -0.39 is 5.91 Å². The first-order valence-electron chi connectivity index (χ1n) is 8.57. The van der Waals surface area contributed by atoms with Gasteiger partial charge in [0.25, 0.3) is 0 Å². The van der Waals surface area contributed by atoms with Crippen molar-refractivity contribution in [3.63, 3.8) is 0 Å². The average molecular weight is 315 g/mol. The second kappa shape index (κ2) is 7.13. The summed E-state index contributed by atoms with van der Waals surface area (Å²) in [6.07, 6.45) is 7.16. The van der Waals surface area contributed by atoms with E-state index in [4.69, 9.17) is 5.73 Å². The molecule has 0 radical (unpaired) electrons. The molecule has 124 valence electrons. The zero-order chi connectivity index (χ0) is 16.2. The van der Waals surface area contributed by atoms with Crippen molar-refractivity contribution in [1.29, 1.82) is 0 Å². The fourth-order valence-electron chi connectivity index (χ4n) is 3.97. The zero-order valence-corrected chi connectivity index (χ0v) is 13.5. The molecule has 1 heterocycles. The topological polar surface area (TPSA) is 75.4 Å². The van der Waals surface area contributed by atoms with Crippen LogP contribution in [0.4, 0.5) is 5.69 Å². The van der Waals surface area contributed by atoms with Crippen LogP contribution in [0.2, 0.25) is 0 Å². The highest BCUT2D eigenvalue weighted by molar-refractivity contribution is 5.94. The SMILES string of the molecule is NC(=O)c1ccc(NC(=O)CCN2CC[C@@H]3CCCC[C@@H]32)cc1. The lowest BCUT2D eigenvalue weighted by Gasteiger charge is -2.31. The molecule has 5 heteroatoms. The highest BCUT2D eigenvalue weighted by Crippen LogP contribution is 2.35. The largest absolute Gasteiger partial charge is 0.366 e. The molecule has 1 aliphatic carbocycles. The van der Waals surface area contributed by atoms with Crippen molar-refractivity contribution < 1.29 is 9.59 Å². The Hall–Kier alpha value is -1.88. The summed E-state index contributed by atoms with van der Waals surface area (Å²) >= 11 is 0. The van der Waals surface area contributed by atoms with Gasteiger partial charge < -0.3 is 11.1 Å². The normalized spacial score (nSPS) is 24.2. The first-order chi connectivity index (χ1) is 11.1. The van der Waals surface area contributed by atoms with Gasteiger partial charge in [0, 0.05) is 30.3 Å². The molecular weight excluding hydrogens is 290 g/mol. The highest BCUT2D eigenvalue weighted by Gasteiger charge is 2.35. The molecule has 1 saturated heterocycles. The maximum Gasteiger partial charge on any atom is 0.248 e. The Balaban J connectivity index is 1.47. The van der Waals surface area contributed by atoms with Gasteiger partial charge in [-0.15, -0.1) is 0 Å². The molecule has 3 rings (SSSR count). The van der Waals surface area contributed by atoms with Gasteiger partial charge in [-0.05, 0) is 56.0 Å². The molecule has 5 nitrogen and oxygen atoms in total. The number of hydrogen-bond acceptors (Lipinski definition) is 3. The molecule has 1 aromatic carbocycles. The molecule has 2 atom stereocenters. The predicted molar refractivity (Wildman–Crippen MR) is 90.1 cm³/mol. The van der Waals surface area contributed by atoms with Crippen LogP contribution in [0.15, 0.2) is 24.3 Å². The second-order valence-corrected chi connectivity index (χ2v) is 6.68. The Morgan fingerprint density at radius 2 is 1.87 bits per heavy atom. The number of fused-ring (bicyclic) bond motifs is 1. The Morgan fingerprint density at radius 3 is 2.61 bits per heavy atom. The molecule has 2 aliphatic rings. The minimum Gasteiger partial charge on any atom is -0.366 e. The van der Waals surface area contributed by atoms with E-state index in [9.17, 15) is 9.59 Å². The van der Waals surface area contributed by atoms with Crippen LogP contribution in [0, 0.1) is 5.92 Å². The van der Waals surface area contributed by atoms with Gasteiger partial charge in [0.15, 0.2) is 0 Å². The minimum atomic E-state index is -0.459. The van der Waals surface area contributed by atoms with E-state index in [0.717, 1.165) is 19.0 Å². The fraction of sp³-hybridized carbons (Fsp3) is 0.556. The van der Waals surface area contributed by atoms with E-state index in [-0.39, 0.29) is 5.91 Å². The number of rotatable bonds is 5. The molecule has 2 fully saturated rings. The number of nitrogens with one attached hydrogen (secondary N) is 1. The quantitative estimate of drug-likeness (QED) is 0.876. The average Bonchev–Trinajstić information content (AvgIpc) is 2.97. The van der Waals surface area contributed by atoms with Crippen LogP contribution >= 0.6 is 0 Å². The van der Waals surface area contributed by atoms with E-state index in [1.807, 2.05) is 0 Å². The maximum absolute atomic E-state index is 12.1. The Kier molecular flexibility index (Phi) is 4.96. The van der Waals surface area contributed by atoms with Gasteiger partial charge in [0.1, 0.15) is 0 Å². The minimum absolute atomic E-state index is 0.0242. The van der Waals surface area contributed by atoms with Crippen molar-refractivity contribution in [2.24, 2.45) is 11.7 Å². The van der Waals surface area contributed by atoms with Crippen LogP contribution in [0.5, 0.6) is 0 Å². The lowest BCUT2D eigenvalue weighted by molar-refractivity contribution is -0.116. The summed E-state index contributed by atoms with van der Waals surface area (Å²) in [6.45, 7) is 1.97. The van der Waals surface area contributed by atoms with Gasteiger partial charge in [-0.25, -0.2) is 0 Å². The van der Waals surface area contributed by atoms with Gasteiger partial charge in [0.2, 0.25) is 11.8 Å². The lowest BCUT2D eigenvalue weighted by atomic mass is 9.85. The van der Waals surface area contributed by atoms with Crippen LogP contribution in [0.1, 0.15) is 48.9 Å². The number of primary amides is 1.